The lowest BCUT2D eigenvalue weighted by Gasteiger charge is -2.21. The summed E-state index contributed by atoms with van der Waals surface area (Å²) in [6, 6.07) is 14.9. The van der Waals surface area contributed by atoms with Gasteiger partial charge in [0.1, 0.15) is 0 Å². The summed E-state index contributed by atoms with van der Waals surface area (Å²) in [6.45, 7) is 5.26. The van der Waals surface area contributed by atoms with Crippen molar-refractivity contribution in [2.75, 3.05) is 7.11 Å². The Morgan fingerprint density at radius 2 is 1.86 bits per heavy atom. The Bertz CT molecular complexity index is 540. The van der Waals surface area contributed by atoms with Crippen LogP contribution in [0.15, 0.2) is 48.7 Å². The van der Waals surface area contributed by atoms with Crippen LogP contribution < -0.4 is 10.1 Å². The van der Waals surface area contributed by atoms with Gasteiger partial charge < -0.3 is 10.1 Å². The zero-order chi connectivity index (χ0) is 15.1. The second kappa shape index (κ2) is 7.79. The Hall–Kier alpha value is -1.87. The van der Waals surface area contributed by atoms with E-state index in [1.165, 1.54) is 5.56 Å². The molecule has 2 rings (SSSR count). The van der Waals surface area contributed by atoms with Crippen LogP contribution in [0.4, 0.5) is 0 Å². The minimum absolute atomic E-state index is 0.344. The Morgan fingerprint density at radius 3 is 2.52 bits per heavy atom. The van der Waals surface area contributed by atoms with Gasteiger partial charge in [0.25, 0.3) is 0 Å². The number of pyridine rings is 1. The van der Waals surface area contributed by atoms with E-state index in [0.717, 1.165) is 18.5 Å². The molecule has 0 saturated heterocycles. The molecule has 0 aliphatic rings. The highest BCUT2D eigenvalue weighted by Crippen LogP contribution is 2.22. The molecule has 3 heteroatoms. The molecule has 1 atom stereocenters. The number of hydrogen-bond donors (Lipinski definition) is 1. The first-order valence-corrected chi connectivity index (χ1v) is 7.47. The summed E-state index contributed by atoms with van der Waals surface area (Å²) in [4.78, 5) is 4.25. The van der Waals surface area contributed by atoms with Gasteiger partial charge in [0, 0.05) is 24.3 Å². The average Bonchev–Trinajstić information content (AvgIpc) is 2.52. The molecule has 0 spiro atoms. The van der Waals surface area contributed by atoms with Crippen molar-refractivity contribution in [3.63, 3.8) is 0 Å². The van der Waals surface area contributed by atoms with Gasteiger partial charge in [-0.25, -0.2) is 4.98 Å². The van der Waals surface area contributed by atoms with Crippen molar-refractivity contribution in [3.05, 3.63) is 59.8 Å². The van der Waals surface area contributed by atoms with E-state index in [-0.39, 0.29) is 0 Å². The van der Waals surface area contributed by atoms with Crippen LogP contribution in [0, 0.1) is 5.92 Å². The Labute approximate surface area is 127 Å². The second-order valence-corrected chi connectivity index (χ2v) is 5.65. The fraction of sp³-hybridized carbons (Fsp3) is 0.389. The first-order valence-electron chi connectivity index (χ1n) is 7.47. The molecule has 1 aromatic carbocycles. The SMILES string of the molecule is COc1ncccc1CNC(CC(C)C)c1ccccc1. The number of nitrogens with one attached hydrogen (secondary N) is 1. The van der Waals surface area contributed by atoms with E-state index in [0.29, 0.717) is 17.8 Å². The maximum absolute atomic E-state index is 5.31. The van der Waals surface area contributed by atoms with Crippen LogP contribution in [0.5, 0.6) is 5.88 Å². The molecule has 2 aromatic rings. The predicted molar refractivity (Wildman–Crippen MR) is 86.3 cm³/mol. The van der Waals surface area contributed by atoms with E-state index < -0.39 is 0 Å². The minimum Gasteiger partial charge on any atom is -0.481 e. The topological polar surface area (TPSA) is 34.1 Å². The first kappa shape index (κ1) is 15.5. The van der Waals surface area contributed by atoms with E-state index in [4.69, 9.17) is 4.74 Å². The Morgan fingerprint density at radius 1 is 1.10 bits per heavy atom. The van der Waals surface area contributed by atoms with E-state index in [2.05, 4.69) is 60.5 Å². The van der Waals surface area contributed by atoms with Gasteiger partial charge in [-0.3, -0.25) is 0 Å². The second-order valence-electron chi connectivity index (χ2n) is 5.65. The number of hydrogen-bond acceptors (Lipinski definition) is 3. The smallest absolute Gasteiger partial charge is 0.217 e. The summed E-state index contributed by atoms with van der Waals surface area (Å²) in [7, 11) is 1.66. The molecule has 0 aliphatic heterocycles. The molecule has 0 amide bonds. The molecule has 0 saturated carbocycles. The number of nitrogens with zero attached hydrogens (tertiary/aromatic N) is 1. The molecule has 21 heavy (non-hydrogen) atoms. The summed E-state index contributed by atoms with van der Waals surface area (Å²) >= 11 is 0. The largest absolute Gasteiger partial charge is 0.481 e. The van der Waals surface area contributed by atoms with Gasteiger partial charge in [0.15, 0.2) is 0 Å². The van der Waals surface area contributed by atoms with Gasteiger partial charge in [0.2, 0.25) is 5.88 Å². The van der Waals surface area contributed by atoms with Gasteiger partial charge in [0.05, 0.1) is 7.11 Å². The number of aromatic nitrogens is 1. The standard InChI is InChI=1S/C18H24N2O/c1-14(2)12-17(15-8-5-4-6-9-15)20-13-16-10-7-11-19-18(16)21-3/h4-11,14,17,20H,12-13H2,1-3H3. The Kier molecular flexibility index (Phi) is 5.76. The van der Waals surface area contributed by atoms with Crippen molar-refractivity contribution < 1.29 is 4.74 Å². The van der Waals surface area contributed by atoms with Gasteiger partial charge in [-0.15, -0.1) is 0 Å². The van der Waals surface area contributed by atoms with Crippen LogP contribution >= 0.6 is 0 Å². The van der Waals surface area contributed by atoms with Crippen LogP contribution in [0.25, 0.3) is 0 Å². The third-order valence-corrected chi connectivity index (χ3v) is 3.49. The zero-order valence-corrected chi connectivity index (χ0v) is 13.0. The molecule has 1 heterocycles. The fourth-order valence-corrected chi connectivity index (χ4v) is 2.47. The quantitative estimate of drug-likeness (QED) is 0.835. The molecule has 0 fully saturated rings. The number of methoxy groups -OCH3 is 1. The number of rotatable bonds is 7. The van der Waals surface area contributed by atoms with Crippen LogP contribution in [0.2, 0.25) is 0 Å². The molecule has 112 valence electrons. The fourth-order valence-electron chi connectivity index (χ4n) is 2.47. The van der Waals surface area contributed by atoms with Gasteiger partial charge in [-0.1, -0.05) is 50.2 Å². The van der Waals surface area contributed by atoms with Crippen molar-refractivity contribution in [2.45, 2.75) is 32.9 Å². The van der Waals surface area contributed by atoms with Crippen molar-refractivity contribution in [1.82, 2.24) is 10.3 Å². The molecule has 0 aliphatic carbocycles. The van der Waals surface area contributed by atoms with E-state index in [1.807, 2.05) is 6.07 Å². The lowest BCUT2D eigenvalue weighted by Crippen LogP contribution is -2.22. The lowest BCUT2D eigenvalue weighted by atomic mass is 9.97. The molecule has 0 bridgehead atoms. The third kappa shape index (κ3) is 4.57. The lowest BCUT2D eigenvalue weighted by molar-refractivity contribution is 0.383. The highest BCUT2D eigenvalue weighted by Gasteiger charge is 2.13. The van der Waals surface area contributed by atoms with Crippen molar-refractivity contribution >= 4 is 0 Å². The van der Waals surface area contributed by atoms with Gasteiger partial charge in [-0.05, 0) is 24.0 Å². The normalized spacial score (nSPS) is 12.4. The van der Waals surface area contributed by atoms with Crippen LogP contribution in [-0.4, -0.2) is 12.1 Å². The molecule has 1 aromatic heterocycles. The first-order chi connectivity index (χ1) is 10.2. The van der Waals surface area contributed by atoms with Crippen LogP contribution in [-0.2, 0) is 6.54 Å². The zero-order valence-electron chi connectivity index (χ0n) is 13.0. The van der Waals surface area contributed by atoms with E-state index in [9.17, 15) is 0 Å². The predicted octanol–water partition coefficient (Wildman–Crippen LogP) is 3.97. The highest BCUT2D eigenvalue weighted by molar-refractivity contribution is 5.26. The molecule has 3 nitrogen and oxygen atoms in total. The van der Waals surface area contributed by atoms with Gasteiger partial charge in [-0.2, -0.15) is 0 Å². The Balaban J connectivity index is 2.09. The van der Waals surface area contributed by atoms with Crippen molar-refractivity contribution in [3.8, 4) is 5.88 Å². The molecular formula is C18H24N2O. The third-order valence-electron chi connectivity index (χ3n) is 3.49. The maximum Gasteiger partial charge on any atom is 0.217 e. The summed E-state index contributed by atoms with van der Waals surface area (Å²) in [6.07, 6.45) is 2.86. The number of benzene rings is 1. The van der Waals surface area contributed by atoms with Crippen LogP contribution in [0.3, 0.4) is 0 Å². The summed E-state index contributed by atoms with van der Waals surface area (Å²) in [5.41, 5.74) is 2.42. The maximum atomic E-state index is 5.31. The van der Waals surface area contributed by atoms with E-state index in [1.54, 1.807) is 13.3 Å². The molecule has 1 unspecified atom stereocenters. The monoisotopic (exact) mass is 284 g/mol. The number of ether oxygens (including phenoxy) is 1. The molecular weight excluding hydrogens is 260 g/mol. The average molecular weight is 284 g/mol. The molecule has 1 N–H and O–H groups in total. The minimum atomic E-state index is 0.344. The molecule has 0 radical (unpaired) electrons. The van der Waals surface area contributed by atoms with Crippen molar-refractivity contribution in [1.29, 1.82) is 0 Å². The van der Waals surface area contributed by atoms with Crippen molar-refractivity contribution in [2.24, 2.45) is 5.92 Å². The summed E-state index contributed by atoms with van der Waals surface area (Å²) < 4.78 is 5.31. The highest BCUT2D eigenvalue weighted by atomic mass is 16.5. The van der Waals surface area contributed by atoms with Gasteiger partial charge >= 0.3 is 0 Å². The summed E-state index contributed by atoms with van der Waals surface area (Å²) in [5.74, 6) is 1.33. The summed E-state index contributed by atoms with van der Waals surface area (Å²) in [5, 5.41) is 3.64. The van der Waals surface area contributed by atoms with Crippen LogP contribution in [0.1, 0.15) is 37.4 Å². The van der Waals surface area contributed by atoms with E-state index >= 15 is 0 Å².